The van der Waals surface area contributed by atoms with Crippen LogP contribution in [0.1, 0.15) is 75.8 Å². The predicted octanol–water partition coefficient (Wildman–Crippen LogP) is 5.67. The summed E-state index contributed by atoms with van der Waals surface area (Å²) in [6.45, 7) is 6.66. The van der Waals surface area contributed by atoms with Crippen molar-refractivity contribution < 1.29 is 4.79 Å². The van der Waals surface area contributed by atoms with Crippen LogP contribution in [-0.4, -0.2) is 11.8 Å². The van der Waals surface area contributed by atoms with Crippen molar-refractivity contribution in [1.82, 2.24) is 0 Å². The lowest BCUT2D eigenvalue weighted by molar-refractivity contribution is -0.116. The number of hydrogen-bond donors (Lipinski definition) is 1. The zero-order valence-corrected chi connectivity index (χ0v) is 14.7. The zero-order valence-electron chi connectivity index (χ0n) is 14.0. The maximum Gasteiger partial charge on any atom is 0.224 e. The average Bonchev–Trinajstić information content (AvgIpc) is 3.31. The van der Waals surface area contributed by atoms with Crippen molar-refractivity contribution in [2.24, 2.45) is 5.92 Å². The molecule has 1 aliphatic rings. The summed E-state index contributed by atoms with van der Waals surface area (Å²) in [5.41, 5.74) is 3.61. The van der Waals surface area contributed by atoms with E-state index in [0.717, 1.165) is 24.4 Å². The topological polar surface area (TPSA) is 29.1 Å². The summed E-state index contributed by atoms with van der Waals surface area (Å²) in [5.74, 6) is 2.46. The molecule has 1 unspecified atom stereocenters. The Labute approximate surface area is 139 Å². The number of anilines is 1. The van der Waals surface area contributed by atoms with E-state index in [1.807, 2.05) is 0 Å². The van der Waals surface area contributed by atoms with E-state index in [0.29, 0.717) is 24.1 Å². The molecule has 1 fully saturated rings. The standard InChI is InChI=1S/C19H28ClNO/c1-13(2)16-7-6-8-17(14(3)15-10-11-15)19(16)21-18(22)9-4-5-12-20/h6-8,13-15H,4-5,9-12H2,1-3H3,(H,21,22). The third-order valence-corrected chi connectivity index (χ3v) is 4.89. The van der Waals surface area contributed by atoms with E-state index in [9.17, 15) is 4.79 Å². The van der Waals surface area contributed by atoms with Crippen LogP contribution >= 0.6 is 11.6 Å². The Morgan fingerprint density at radius 1 is 1.23 bits per heavy atom. The molecule has 1 N–H and O–H groups in total. The Balaban J connectivity index is 2.19. The molecule has 1 amide bonds. The summed E-state index contributed by atoms with van der Waals surface area (Å²) in [6.07, 6.45) is 4.93. The second-order valence-corrected chi connectivity index (χ2v) is 7.16. The molecule has 122 valence electrons. The third-order valence-electron chi connectivity index (χ3n) is 4.62. The molecule has 0 bridgehead atoms. The summed E-state index contributed by atoms with van der Waals surface area (Å²) in [6, 6.07) is 6.46. The number of para-hydroxylation sites is 1. The number of alkyl halides is 1. The Hall–Kier alpha value is -1.02. The van der Waals surface area contributed by atoms with Gasteiger partial charge in [0.15, 0.2) is 0 Å². The molecule has 0 saturated heterocycles. The number of nitrogens with one attached hydrogen (secondary N) is 1. The summed E-state index contributed by atoms with van der Waals surface area (Å²) in [4.78, 5) is 12.3. The minimum absolute atomic E-state index is 0.113. The van der Waals surface area contributed by atoms with Crippen molar-refractivity contribution in [2.45, 2.75) is 64.7 Å². The number of carbonyl (C=O) groups excluding carboxylic acids is 1. The highest BCUT2D eigenvalue weighted by atomic mass is 35.5. The zero-order chi connectivity index (χ0) is 16.1. The van der Waals surface area contributed by atoms with Gasteiger partial charge in [-0.05, 0) is 54.6 Å². The Kier molecular flexibility index (Phi) is 6.31. The average molecular weight is 322 g/mol. The van der Waals surface area contributed by atoms with Gasteiger partial charge >= 0.3 is 0 Å². The lowest BCUT2D eigenvalue weighted by Crippen LogP contribution is -2.16. The quantitative estimate of drug-likeness (QED) is 0.485. The van der Waals surface area contributed by atoms with Gasteiger partial charge in [0, 0.05) is 18.0 Å². The van der Waals surface area contributed by atoms with Crippen LogP contribution in [0.3, 0.4) is 0 Å². The van der Waals surface area contributed by atoms with Gasteiger partial charge in [0.2, 0.25) is 5.91 Å². The van der Waals surface area contributed by atoms with Crippen LogP contribution in [0.5, 0.6) is 0 Å². The SMILES string of the molecule is CC(C)c1cccc(C(C)C2CC2)c1NC(=O)CCCCCl. The Morgan fingerprint density at radius 2 is 1.91 bits per heavy atom. The molecule has 0 radical (unpaired) electrons. The molecule has 0 aliphatic heterocycles. The minimum Gasteiger partial charge on any atom is -0.326 e. The van der Waals surface area contributed by atoms with Crippen molar-refractivity contribution in [3.8, 4) is 0 Å². The summed E-state index contributed by atoms with van der Waals surface area (Å²) in [5, 5.41) is 3.20. The van der Waals surface area contributed by atoms with Crippen LogP contribution in [0, 0.1) is 5.92 Å². The number of rotatable bonds is 8. The number of halogens is 1. The number of unbranched alkanes of at least 4 members (excludes halogenated alkanes) is 1. The predicted molar refractivity (Wildman–Crippen MR) is 94.9 cm³/mol. The first-order valence-corrected chi connectivity index (χ1v) is 9.06. The number of benzene rings is 1. The van der Waals surface area contributed by atoms with E-state index in [2.05, 4.69) is 44.3 Å². The molecule has 2 rings (SSSR count). The van der Waals surface area contributed by atoms with Crippen molar-refractivity contribution in [3.05, 3.63) is 29.3 Å². The molecule has 22 heavy (non-hydrogen) atoms. The smallest absolute Gasteiger partial charge is 0.224 e. The molecule has 0 aromatic heterocycles. The first-order valence-electron chi connectivity index (χ1n) is 8.53. The van der Waals surface area contributed by atoms with Crippen molar-refractivity contribution >= 4 is 23.2 Å². The van der Waals surface area contributed by atoms with Crippen LogP contribution in [0.25, 0.3) is 0 Å². The monoisotopic (exact) mass is 321 g/mol. The molecule has 1 aromatic rings. The number of amides is 1. The molecular weight excluding hydrogens is 294 g/mol. The van der Waals surface area contributed by atoms with E-state index >= 15 is 0 Å². The van der Waals surface area contributed by atoms with Crippen LogP contribution in [0.2, 0.25) is 0 Å². The first-order chi connectivity index (χ1) is 10.5. The molecule has 0 heterocycles. The highest BCUT2D eigenvalue weighted by Gasteiger charge is 2.31. The fourth-order valence-corrected chi connectivity index (χ4v) is 3.21. The normalized spacial score (nSPS) is 15.9. The van der Waals surface area contributed by atoms with Crippen LogP contribution in [-0.2, 0) is 4.79 Å². The van der Waals surface area contributed by atoms with Crippen LogP contribution < -0.4 is 5.32 Å². The van der Waals surface area contributed by atoms with Gasteiger partial charge in [-0.3, -0.25) is 4.79 Å². The van der Waals surface area contributed by atoms with Crippen LogP contribution in [0.15, 0.2) is 18.2 Å². The van der Waals surface area contributed by atoms with Gasteiger partial charge in [-0.2, -0.15) is 0 Å². The summed E-state index contributed by atoms with van der Waals surface area (Å²) >= 11 is 5.69. The fraction of sp³-hybridized carbons (Fsp3) is 0.632. The second-order valence-electron chi connectivity index (χ2n) is 6.79. The molecule has 1 aliphatic carbocycles. The maximum absolute atomic E-state index is 12.3. The molecule has 0 spiro atoms. The van der Waals surface area contributed by atoms with Crippen molar-refractivity contribution in [2.75, 3.05) is 11.2 Å². The second kappa shape index (κ2) is 8.01. The van der Waals surface area contributed by atoms with E-state index in [4.69, 9.17) is 11.6 Å². The minimum atomic E-state index is 0.113. The van der Waals surface area contributed by atoms with Gasteiger partial charge in [0.25, 0.3) is 0 Å². The largest absolute Gasteiger partial charge is 0.326 e. The highest BCUT2D eigenvalue weighted by molar-refractivity contribution is 6.17. The lowest BCUT2D eigenvalue weighted by Gasteiger charge is -2.22. The first kappa shape index (κ1) is 17.3. The third kappa shape index (κ3) is 4.49. The lowest BCUT2D eigenvalue weighted by atomic mass is 9.89. The van der Waals surface area contributed by atoms with E-state index < -0.39 is 0 Å². The molecular formula is C19H28ClNO. The van der Waals surface area contributed by atoms with Gasteiger partial charge in [-0.1, -0.05) is 39.0 Å². The van der Waals surface area contributed by atoms with Gasteiger partial charge in [0.05, 0.1) is 0 Å². The molecule has 1 aromatic carbocycles. The van der Waals surface area contributed by atoms with Crippen LogP contribution in [0.4, 0.5) is 5.69 Å². The van der Waals surface area contributed by atoms with Gasteiger partial charge in [-0.25, -0.2) is 0 Å². The molecule has 1 atom stereocenters. The molecule has 1 saturated carbocycles. The maximum atomic E-state index is 12.3. The van der Waals surface area contributed by atoms with Crippen molar-refractivity contribution in [3.63, 3.8) is 0 Å². The van der Waals surface area contributed by atoms with Gasteiger partial charge in [-0.15, -0.1) is 11.6 Å². The Morgan fingerprint density at radius 3 is 2.50 bits per heavy atom. The fourth-order valence-electron chi connectivity index (χ4n) is 3.03. The highest BCUT2D eigenvalue weighted by Crippen LogP contribution is 2.45. The number of hydrogen-bond acceptors (Lipinski definition) is 1. The Bertz CT molecular complexity index is 508. The van der Waals surface area contributed by atoms with E-state index in [1.54, 1.807) is 0 Å². The van der Waals surface area contributed by atoms with Gasteiger partial charge in [0.1, 0.15) is 0 Å². The van der Waals surface area contributed by atoms with Gasteiger partial charge < -0.3 is 5.32 Å². The van der Waals surface area contributed by atoms with E-state index in [1.165, 1.54) is 24.0 Å². The van der Waals surface area contributed by atoms with Crippen molar-refractivity contribution in [1.29, 1.82) is 0 Å². The van der Waals surface area contributed by atoms with E-state index in [-0.39, 0.29) is 5.91 Å². The molecule has 3 heteroatoms. The summed E-state index contributed by atoms with van der Waals surface area (Å²) in [7, 11) is 0. The summed E-state index contributed by atoms with van der Waals surface area (Å²) < 4.78 is 0. The molecule has 2 nitrogen and oxygen atoms in total. The number of carbonyl (C=O) groups is 1.